The number of ether oxygens (including phenoxy) is 2. The maximum atomic E-state index is 11.9. The van der Waals surface area contributed by atoms with E-state index in [0.717, 1.165) is 39.0 Å². The van der Waals surface area contributed by atoms with Gasteiger partial charge in [0.05, 0.1) is 19.2 Å². The molecule has 4 nitrogen and oxygen atoms in total. The van der Waals surface area contributed by atoms with Crippen LogP contribution < -0.4 is 0 Å². The highest BCUT2D eigenvalue weighted by Gasteiger charge is 2.49. The van der Waals surface area contributed by atoms with Crippen LogP contribution in [-0.4, -0.2) is 49.3 Å². The van der Waals surface area contributed by atoms with Crippen molar-refractivity contribution in [2.24, 2.45) is 5.92 Å². The minimum absolute atomic E-state index is 0.105. The first-order valence-corrected chi connectivity index (χ1v) is 6.99. The molecule has 0 aliphatic carbocycles. The molecular formula is C14H25NO3. The van der Waals surface area contributed by atoms with Crippen molar-refractivity contribution in [3.8, 4) is 0 Å². The molecule has 1 spiro atoms. The van der Waals surface area contributed by atoms with Gasteiger partial charge in [-0.2, -0.15) is 0 Å². The molecule has 0 aromatic heterocycles. The molecular weight excluding hydrogens is 230 g/mol. The van der Waals surface area contributed by atoms with Gasteiger partial charge in [-0.25, -0.2) is 0 Å². The number of nitrogens with zero attached hydrogens (tertiary/aromatic N) is 1. The van der Waals surface area contributed by atoms with Gasteiger partial charge in [-0.15, -0.1) is 0 Å². The van der Waals surface area contributed by atoms with Gasteiger partial charge in [0, 0.05) is 26.6 Å². The summed E-state index contributed by atoms with van der Waals surface area (Å²) in [5, 5.41) is 0. The molecule has 2 fully saturated rings. The van der Waals surface area contributed by atoms with E-state index >= 15 is 0 Å². The van der Waals surface area contributed by atoms with E-state index in [2.05, 4.69) is 13.8 Å². The normalized spacial score (nSPS) is 26.4. The smallest absolute Gasteiger partial charge is 0.222 e. The third kappa shape index (κ3) is 3.04. The molecule has 2 saturated heterocycles. The van der Waals surface area contributed by atoms with E-state index < -0.39 is 0 Å². The average Bonchev–Trinajstić information content (AvgIpc) is 2.33. The van der Waals surface area contributed by atoms with Crippen LogP contribution in [0.2, 0.25) is 0 Å². The summed E-state index contributed by atoms with van der Waals surface area (Å²) in [6.07, 6.45) is 3.84. The average molecular weight is 255 g/mol. The van der Waals surface area contributed by atoms with Gasteiger partial charge in [0.25, 0.3) is 0 Å². The van der Waals surface area contributed by atoms with Crippen molar-refractivity contribution in [2.45, 2.75) is 51.2 Å². The second-order valence-electron chi connectivity index (χ2n) is 6.06. The van der Waals surface area contributed by atoms with Crippen LogP contribution in [0, 0.1) is 5.92 Å². The fraction of sp³-hybridized carbons (Fsp3) is 0.929. The number of carbonyl (C=O) groups excluding carboxylic acids is 1. The monoisotopic (exact) mass is 255 g/mol. The van der Waals surface area contributed by atoms with Gasteiger partial charge in [0.2, 0.25) is 5.91 Å². The minimum Gasteiger partial charge on any atom is -0.381 e. The van der Waals surface area contributed by atoms with Crippen LogP contribution in [0.1, 0.15) is 39.5 Å². The van der Waals surface area contributed by atoms with Crippen molar-refractivity contribution in [1.29, 1.82) is 0 Å². The summed E-state index contributed by atoms with van der Waals surface area (Å²) in [7, 11) is 1.76. The SMILES string of the molecule is COC1CCOC2(C1)CN(C(=O)CCC(C)C)C2. The summed E-state index contributed by atoms with van der Waals surface area (Å²) in [4.78, 5) is 13.9. The highest BCUT2D eigenvalue weighted by atomic mass is 16.5. The lowest BCUT2D eigenvalue weighted by Gasteiger charge is -2.53. The number of amides is 1. The van der Waals surface area contributed by atoms with Crippen LogP contribution in [0.15, 0.2) is 0 Å². The Labute approximate surface area is 110 Å². The van der Waals surface area contributed by atoms with E-state index in [1.807, 2.05) is 4.90 Å². The first kappa shape index (κ1) is 13.8. The van der Waals surface area contributed by atoms with Crippen molar-refractivity contribution in [3.05, 3.63) is 0 Å². The first-order chi connectivity index (χ1) is 8.54. The Hall–Kier alpha value is -0.610. The van der Waals surface area contributed by atoms with Gasteiger partial charge >= 0.3 is 0 Å². The molecule has 2 aliphatic heterocycles. The van der Waals surface area contributed by atoms with Gasteiger partial charge in [-0.3, -0.25) is 4.79 Å². The topological polar surface area (TPSA) is 38.8 Å². The Morgan fingerprint density at radius 3 is 2.83 bits per heavy atom. The zero-order chi connectivity index (χ0) is 13.2. The number of hydrogen-bond acceptors (Lipinski definition) is 3. The van der Waals surface area contributed by atoms with Gasteiger partial charge < -0.3 is 14.4 Å². The summed E-state index contributed by atoms with van der Waals surface area (Å²) in [5.74, 6) is 0.866. The Bertz CT molecular complexity index is 297. The molecule has 0 aromatic rings. The third-order valence-electron chi connectivity index (χ3n) is 4.03. The molecule has 2 heterocycles. The molecule has 0 radical (unpaired) electrons. The quantitative estimate of drug-likeness (QED) is 0.769. The number of rotatable bonds is 4. The van der Waals surface area contributed by atoms with Crippen LogP contribution in [0.4, 0.5) is 0 Å². The lowest BCUT2D eigenvalue weighted by molar-refractivity contribution is -0.198. The van der Waals surface area contributed by atoms with Gasteiger partial charge in [-0.1, -0.05) is 13.8 Å². The van der Waals surface area contributed by atoms with E-state index in [0.29, 0.717) is 18.4 Å². The molecule has 2 aliphatic rings. The second kappa shape index (κ2) is 5.57. The number of likely N-dealkylation sites (tertiary alicyclic amines) is 1. The molecule has 1 unspecified atom stereocenters. The van der Waals surface area contributed by atoms with E-state index in [1.54, 1.807) is 7.11 Å². The largest absolute Gasteiger partial charge is 0.381 e. The summed E-state index contributed by atoms with van der Waals surface area (Å²) in [6, 6.07) is 0. The maximum absolute atomic E-state index is 11.9. The van der Waals surface area contributed by atoms with Gasteiger partial charge in [0.15, 0.2) is 0 Å². The fourth-order valence-electron chi connectivity index (χ4n) is 2.80. The van der Waals surface area contributed by atoms with E-state index in [4.69, 9.17) is 9.47 Å². The van der Waals surface area contributed by atoms with Crippen molar-refractivity contribution >= 4 is 5.91 Å². The lowest BCUT2D eigenvalue weighted by Crippen LogP contribution is -2.67. The molecule has 0 N–H and O–H groups in total. The number of carbonyl (C=O) groups is 1. The molecule has 18 heavy (non-hydrogen) atoms. The molecule has 0 saturated carbocycles. The van der Waals surface area contributed by atoms with Crippen LogP contribution in [-0.2, 0) is 14.3 Å². The first-order valence-electron chi connectivity index (χ1n) is 6.99. The van der Waals surface area contributed by atoms with Crippen molar-refractivity contribution in [1.82, 2.24) is 4.90 Å². The van der Waals surface area contributed by atoms with Crippen molar-refractivity contribution in [3.63, 3.8) is 0 Å². The predicted octanol–water partition coefficient (Wildman–Crippen LogP) is 1.83. The summed E-state index contributed by atoms with van der Waals surface area (Å²) >= 11 is 0. The maximum Gasteiger partial charge on any atom is 0.222 e. The van der Waals surface area contributed by atoms with E-state index in [-0.39, 0.29) is 11.5 Å². The second-order valence-corrected chi connectivity index (χ2v) is 6.06. The fourth-order valence-corrected chi connectivity index (χ4v) is 2.80. The Kier molecular flexibility index (Phi) is 4.28. The highest BCUT2D eigenvalue weighted by Crippen LogP contribution is 2.35. The van der Waals surface area contributed by atoms with E-state index in [9.17, 15) is 4.79 Å². The van der Waals surface area contributed by atoms with Crippen molar-refractivity contribution < 1.29 is 14.3 Å². The van der Waals surface area contributed by atoms with Crippen LogP contribution in [0.3, 0.4) is 0 Å². The van der Waals surface area contributed by atoms with Gasteiger partial charge in [-0.05, 0) is 18.8 Å². The lowest BCUT2D eigenvalue weighted by atomic mass is 9.84. The summed E-state index contributed by atoms with van der Waals surface area (Å²) in [6.45, 7) is 6.57. The molecule has 2 rings (SSSR count). The Morgan fingerprint density at radius 1 is 1.50 bits per heavy atom. The van der Waals surface area contributed by atoms with E-state index in [1.165, 1.54) is 0 Å². The molecule has 0 aromatic carbocycles. The number of methoxy groups -OCH3 is 1. The van der Waals surface area contributed by atoms with Crippen LogP contribution in [0.5, 0.6) is 0 Å². The van der Waals surface area contributed by atoms with Gasteiger partial charge in [0.1, 0.15) is 5.60 Å². The van der Waals surface area contributed by atoms with Crippen LogP contribution >= 0.6 is 0 Å². The number of hydrogen-bond donors (Lipinski definition) is 0. The standard InChI is InChI=1S/C14H25NO3/c1-11(2)4-5-13(16)15-9-14(10-15)8-12(17-3)6-7-18-14/h11-12H,4-10H2,1-3H3. The Morgan fingerprint density at radius 2 is 2.22 bits per heavy atom. The highest BCUT2D eigenvalue weighted by molar-refractivity contribution is 5.77. The van der Waals surface area contributed by atoms with Crippen LogP contribution in [0.25, 0.3) is 0 Å². The summed E-state index contributed by atoms with van der Waals surface area (Å²) < 4.78 is 11.3. The molecule has 0 bridgehead atoms. The predicted molar refractivity (Wildman–Crippen MR) is 69.4 cm³/mol. The molecule has 1 amide bonds. The Balaban J connectivity index is 1.76. The third-order valence-corrected chi connectivity index (χ3v) is 4.03. The molecule has 104 valence electrons. The molecule has 4 heteroatoms. The minimum atomic E-state index is -0.105. The molecule has 1 atom stereocenters. The summed E-state index contributed by atoms with van der Waals surface area (Å²) in [5.41, 5.74) is -0.105. The zero-order valence-electron chi connectivity index (χ0n) is 11.8. The van der Waals surface area contributed by atoms with Crippen molar-refractivity contribution in [2.75, 3.05) is 26.8 Å². The zero-order valence-corrected chi connectivity index (χ0v) is 11.8.